The molecular formula is C18H27ClN2O3. The minimum Gasteiger partial charge on any atom is -0.496 e. The van der Waals surface area contributed by atoms with Crippen LogP contribution < -0.4 is 10.5 Å². The third kappa shape index (κ3) is 4.02. The van der Waals surface area contributed by atoms with E-state index >= 15 is 0 Å². The van der Waals surface area contributed by atoms with Crippen LogP contribution in [0.5, 0.6) is 5.75 Å². The number of amides is 1. The van der Waals surface area contributed by atoms with Crippen molar-refractivity contribution < 1.29 is 14.3 Å². The van der Waals surface area contributed by atoms with E-state index in [2.05, 4.69) is 6.07 Å². The first kappa shape index (κ1) is 19.0. The number of likely N-dealkylation sites (tertiary alicyclic amines) is 1. The molecule has 5 nitrogen and oxygen atoms in total. The van der Waals surface area contributed by atoms with E-state index in [1.807, 2.05) is 23.1 Å². The summed E-state index contributed by atoms with van der Waals surface area (Å²) >= 11 is 0. The lowest BCUT2D eigenvalue weighted by Crippen LogP contribution is -2.48. The Hall–Kier alpha value is -1.30. The van der Waals surface area contributed by atoms with Crippen LogP contribution >= 0.6 is 12.4 Å². The number of benzene rings is 1. The third-order valence-corrected chi connectivity index (χ3v) is 5.14. The maximum Gasteiger partial charge on any atom is 0.239 e. The van der Waals surface area contributed by atoms with Crippen LogP contribution in [-0.2, 0) is 9.53 Å². The molecule has 1 aromatic carbocycles. The predicted octanol–water partition coefficient (Wildman–Crippen LogP) is 2.19. The number of carbonyl (C=O) groups excluding carboxylic acids is 1. The Balaban J connectivity index is 0.00000208. The average Bonchev–Trinajstić information content (AvgIpc) is 3.11. The highest BCUT2D eigenvalue weighted by molar-refractivity contribution is 5.85. The summed E-state index contributed by atoms with van der Waals surface area (Å²) in [5.74, 6) is 1.58. The molecule has 2 atom stereocenters. The lowest BCUT2D eigenvalue weighted by atomic mass is 9.91. The number of rotatable bonds is 4. The van der Waals surface area contributed by atoms with Crippen LogP contribution in [0.25, 0.3) is 0 Å². The molecule has 0 aliphatic carbocycles. The minimum absolute atomic E-state index is 0. The number of methoxy groups -OCH3 is 1. The Morgan fingerprint density at radius 1 is 1.29 bits per heavy atom. The van der Waals surface area contributed by atoms with E-state index in [4.69, 9.17) is 15.2 Å². The van der Waals surface area contributed by atoms with Gasteiger partial charge in [-0.05, 0) is 36.8 Å². The van der Waals surface area contributed by atoms with Crippen LogP contribution in [0.2, 0.25) is 0 Å². The number of nitrogens with zero attached hydrogens (tertiary/aromatic N) is 1. The Kier molecular flexibility index (Phi) is 6.90. The highest BCUT2D eigenvalue weighted by Gasteiger charge is 2.34. The number of hydrogen-bond acceptors (Lipinski definition) is 4. The molecule has 2 saturated heterocycles. The van der Waals surface area contributed by atoms with Crippen LogP contribution in [0.15, 0.2) is 24.3 Å². The van der Waals surface area contributed by atoms with E-state index in [1.54, 1.807) is 7.11 Å². The van der Waals surface area contributed by atoms with Crippen LogP contribution in [0, 0.1) is 5.92 Å². The maximum atomic E-state index is 12.7. The second kappa shape index (κ2) is 8.70. The van der Waals surface area contributed by atoms with Crippen molar-refractivity contribution in [3.8, 4) is 5.75 Å². The fourth-order valence-electron chi connectivity index (χ4n) is 3.71. The first-order chi connectivity index (χ1) is 11.2. The molecule has 2 aliphatic rings. The zero-order valence-corrected chi connectivity index (χ0v) is 15.0. The lowest BCUT2D eigenvalue weighted by Gasteiger charge is -2.29. The average molecular weight is 355 g/mol. The van der Waals surface area contributed by atoms with Crippen molar-refractivity contribution in [2.45, 2.75) is 31.2 Å². The highest BCUT2D eigenvalue weighted by Crippen LogP contribution is 2.34. The largest absolute Gasteiger partial charge is 0.496 e. The van der Waals surface area contributed by atoms with Gasteiger partial charge in [0.05, 0.1) is 13.2 Å². The van der Waals surface area contributed by atoms with E-state index in [-0.39, 0.29) is 24.2 Å². The topological polar surface area (TPSA) is 64.8 Å². The SMILES string of the molecule is COc1ccccc1C1CCN(C(=O)C(N)C2CCOCC2)C1.Cl. The summed E-state index contributed by atoms with van der Waals surface area (Å²) in [6.45, 7) is 2.94. The monoisotopic (exact) mass is 354 g/mol. The van der Waals surface area contributed by atoms with E-state index in [0.717, 1.165) is 51.3 Å². The summed E-state index contributed by atoms with van der Waals surface area (Å²) < 4.78 is 10.8. The maximum absolute atomic E-state index is 12.7. The summed E-state index contributed by atoms with van der Waals surface area (Å²) in [6.07, 6.45) is 2.74. The van der Waals surface area contributed by atoms with E-state index in [9.17, 15) is 4.79 Å². The first-order valence-corrected chi connectivity index (χ1v) is 8.45. The molecule has 6 heteroatoms. The van der Waals surface area contributed by atoms with Gasteiger partial charge in [-0.15, -0.1) is 12.4 Å². The van der Waals surface area contributed by atoms with Crippen LogP contribution in [0.3, 0.4) is 0 Å². The van der Waals surface area contributed by atoms with Crippen molar-refractivity contribution in [1.29, 1.82) is 0 Å². The zero-order valence-electron chi connectivity index (χ0n) is 14.1. The molecule has 0 bridgehead atoms. The number of nitrogens with two attached hydrogens (primary N) is 1. The molecule has 3 rings (SSSR count). The van der Waals surface area contributed by atoms with Crippen molar-refractivity contribution in [2.24, 2.45) is 11.7 Å². The Bertz CT molecular complexity index is 549. The van der Waals surface area contributed by atoms with Crippen molar-refractivity contribution in [3.63, 3.8) is 0 Å². The highest BCUT2D eigenvalue weighted by atomic mass is 35.5. The molecule has 2 N–H and O–H groups in total. The van der Waals surface area contributed by atoms with Gasteiger partial charge < -0.3 is 20.1 Å². The molecule has 24 heavy (non-hydrogen) atoms. The summed E-state index contributed by atoms with van der Waals surface area (Å²) in [5, 5.41) is 0. The molecular weight excluding hydrogens is 328 g/mol. The summed E-state index contributed by atoms with van der Waals surface area (Å²) in [7, 11) is 1.69. The van der Waals surface area contributed by atoms with Gasteiger partial charge in [0.2, 0.25) is 5.91 Å². The molecule has 0 saturated carbocycles. The number of halogens is 1. The number of para-hydroxylation sites is 1. The first-order valence-electron chi connectivity index (χ1n) is 8.45. The molecule has 0 aromatic heterocycles. The van der Waals surface area contributed by atoms with Gasteiger partial charge in [0.15, 0.2) is 0 Å². The van der Waals surface area contributed by atoms with Gasteiger partial charge in [-0.3, -0.25) is 4.79 Å². The molecule has 134 valence electrons. The molecule has 1 amide bonds. The van der Waals surface area contributed by atoms with Crippen LogP contribution in [0.1, 0.15) is 30.7 Å². The van der Waals surface area contributed by atoms with Gasteiger partial charge in [0, 0.05) is 32.2 Å². The molecule has 2 unspecified atom stereocenters. The summed E-state index contributed by atoms with van der Waals surface area (Å²) in [5.41, 5.74) is 7.43. The number of ether oxygens (including phenoxy) is 2. The lowest BCUT2D eigenvalue weighted by molar-refractivity contribution is -0.133. The Morgan fingerprint density at radius 2 is 2.00 bits per heavy atom. The van der Waals surface area contributed by atoms with E-state index in [1.165, 1.54) is 5.56 Å². The van der Waals surface area contributed by atoms with Gasteiger partial charge >= 0.3 is 0 Å². The normalized spacial score (nSPS) is 22.8. The molecule has 2 fully saturated rings. The smallest absolute Gasteiger partial charge is 0.239 e. The van der Waals surface area contributed by atoms with Gasteiger partial charge in [-0.25, -0.2) is 0 Å². The van der Waals surface area contributed by atoms with Crippen molar-refractivity contribution >= 4 is 18.3 Å². The molecule has 0 spiro atoms. The molecule has 0 radical (unpaired) electrons. The van der Waals surface area contributed by atoms with E-state index in [0.29, 0.717) is 5.92 Å². The van der Waals surface area contributed by atoms with Crippen molar-refractivity contribution in [3.05, 3.63) is 29.8 Å². The Labute approximate surface area is 149 Å². The molecule has 2 heterocycles. The third-order valence-electron chi connectivity index (χ3n) is 5.14. The second-order valence-electron chi connectivity index (χ2n) is 6.49. The fraction of sp³-hybridized carbons (Fsp3) is 0.611. The van der Waals surface area contributed by atoms with Crippen LogP contribution in [0.4, 0.5) is 0 Å². The standard InChI is InChI=1S/C18H26N2O3.ClH/c1-22-16-5-3-2-4-15(16)14-6-9-20(12-14)18(21)17(19)13-7-10-23-11-8-13;/h2-5,13-14,17H,6-12,19H2,1H3;1H. The van der Waals surface area contributed by atoms with Gasteiger partial charge in [0.1, 0.15) is 5.75 Å². The predicted molar refractivity (Wildman–Crippen MR) is 95.7 cm³/mol. The molecule has 1 aromatic rings. The molecule has 2 aliphatic heterocycles. The van der Waals surface area contributed by atoms with E-state index < -0.39 is 6.04 Å². The van der Waals surface area contributed by atoms with Crippen molar-refractivity contribution in [2.75, 3.05) is 33.4 Å². The summed E-state index contributed by atoms with van der Waals surface area (Å²) in [4.78, 5) is 14.6. The number of carbonyl (C=O) groups is 1. The van der Waals surface area contributed by atoms with Crippen LogP contribution in [-0.4, -0.2) is 50.3 Å². The minimum atomic E-state index is -0.393. The Morgan fingerprint density at radius 3 is 2.71 bits per heavy atom. The quantitative estimate of drug-likeness (QED) is 0.900. The van der Waals surface area contributed by atoms with Gasteiger partial charge in [-0.2, -0.15) is 0 Å². The van der Waals surface area contributed by atoms with Crippen molar-refractivity contribution in [1.82, 2.24) is 4.90 Å². The van der Waals surface area contributed by atoms with Gasteiger partial charge in [-0.1, -0.05) is 18.2 Å². The summed E-state index contributed by atoms with van der Waals surface area (Å²) in [6, 6.07) is 7.68. The van der Waals surface area contributed by atoms with Gasteiger partial charge in [0.25, 0.3) is 0 Å². The number of hydrogen-bond donors (Lipinski definition) is 1. The zero-order chi connectivity index (χ0) is 16.2. The fourth-order valence-corrected chi connectivity index (χ4v) is 3.71. The second-order valence-corrected chi connectivity index (χ2v) is 6.49.